The summed E-state index contributed by atoms with van der Waals surface area (Å²) in [6, 6.07) is 0.592. The molecule has 0 atom stereocenters. The van der Waals surface area contributed by atoms with E-state index in [1.807, 2.05) is 11.3 Å². The van der Waals surface area contributed by atoms with Gasteiger partial charge in [-0.25, -0.2) is 4.98 Å². The quantitative estimate of drug-likeness (QED) is 0.875. The van der Waals surface area contributed by atoms with Gasteiger partial charge in [0.15, 0.2) is 5.13 Å². The maximum absolute atomic E-state index is 5.46. The van der Waals surface area contributed by atoms with Crippen LogP contribution in [0.5, 0.6) is 0 Å². The summed E-state index contributed by atoms with van der Waals surface area (Å²) in [6.45, 7) is 5.93. The van der Waals surface area contributed by atoms with E-state index in [9.17, 15) is 0 Å². The first kappa shape index (κ1) is 14.3. The second-order valence-corrected chi connectivity index (χ2v) is 6.88. The van der Waals surface area contributed by atoms with Crippen molar-refractivity contribution in [1.29, 1.82) is 0 Å². The standard InChI is InChI=1S/C15H25N3OS/c1-3-16-10-13-14(11-4-5-11)17-15(20-13)18(2)12-6-8-19-9-7-12/h11-12,16H,3-10H2,1-2H3. The minimum atomic E-state index is 0.592. The maximum atomic E-state index is 5.46. The van der Waals surface area contributed by atoms with Crippen LogP contribution in [0, 0.1) is 0 Å². The molecule has 0 radical (unpaired) electrons. The van der Waals surface area contributed by atoms with E-state index >= 15 is 0 Å². The van der Waals surface area contributed by atoms with Gasteiger partial charge in [0.2, 0.25) is 0 Å². The zero-order valence-corrected chi connectivity index (χ0v) is 13.3. The molecule has 1 N–H and O–H groups in total. The molecular formula is C15H25N3OS. The number of hydrogen-bond acceptors (Lipinski definition) is 5. The third kappa shape index (κ3) is 3.15. The average Bonchev–Trinajstić information content (AvgIpc) is 3.25. The smallest absolute Gasteiger partial charge is 0.185 e. The van der Waals surface area contributed by atoms with Gasteiger partial charge in [-0.3, -0.25) is 0 Å². The Labute approximate surface area is 125 Å². The van der Waals surface area contributed by atoms with E-state index < -0.39 is 0 Å². The van der Waals surface area contributed by atoms with Crippen molar-refractivity contribution in [1.82, 2.24) is 10.3 Å². The monoisotopic (exact) mass is 295 g/mol. The van der Waals surface area contributed by atoms with Gasteiger partial charge in [0.1, 0.15) is 0 Å². The lowest BCUT2D eigenvalue weighted by Crippen LogP contribution is -2.36. The SMILES string of the molecule is CCNCc1sc(N(C)C2CCOCC2)nc1C1CC1. The van der Waals surface area contributed by atoms with E-state index in [1.54, 1.807) is 0 Å². The highest BCUT2D eigenvalue weighted by Crippen LogP contribution is 2.44. The summed E-state index contributed by atoms with van der Waals surface area (Å²) in [5.41, 5.74) is 1.37. The summed E-state index contributed by atoms with van der Waals surface area (Å²) in [5, 5.41) is 4.65. The number of hydrogen-bond donors (Lipinski definition) is 1. The third-order valence-corrected chi connectivity index (χ3v) is 5.42. The van der Waals surface area contributed by atoms with E-state index in [0.717, 1.165) is 45.1 Å². The van der Waals surface area contributed by atoms with Crippen LogP contribution in [0.4, 0.5) is 5.13 Å². The van der Waals surface area contributed by atoms with Crippen LogP contribution in [0.25, 0.3) is 0 Å². The number of anilines is 1. The van der Waals surface area contributed by atoms with Gasteiger partial charge in [0, 0.05) is 43.6 Å². The summed E-state index contributed by atoms with van der Waals surface area (Å²) >= 11 is 1.88. The molecule has 0 aromatic carbocycles. The van der Waals surface area contributed by atoms with Crippen LogP contribution >= 0.6 is 11.3 Å². The normalized spacial score (nSPS) is 20.3. The molecule has 1 saturated heterocycles. The van der Waals surface area contributed by atoms with Crippen molar-refractivity contribution in [2.45, 2.75) is 51.1 Å². The molecule has 2 heterocycles. The molecule has 1 aromatic heterocycles. The maximum Gasteiger partial charge on any atom is 0.185 e. The first-order chi connectivity index (χ1) is 9.79. The fraction of sp³-hybridized carbons (Fsp3) is 0.800. The Kier molecular flexibility index (Phi) is 4.58. The molecule has 0 unspecified atom stereocenters. The summed E-state index contributed by atoms with van der Waals surface area (Å²) in [6.07, 6.45) is 4.89. The highest BCUT2D eigenvalue weighted by molar-refractivity contribution is 7.15. The zero-order chi connectivity index (χ0) is 13.9. The van der Waals surface area contributed by atoms with Gasteiger partial charge >= 0.3 is 0 Å². The number of thiazole rings is 1. The molecule has 1 aliphatic carbocycles. The molecule has 0 amide bonds. The third-order valence-electron chi connectivity index (χ3n) is 4.26. The first-order valence-corrected chi connectivity index (χ1v) is 8.62. The lowest BCUT2D eigenvalue weighted by molar-refractivity contribution is 0.0855. The van der Waals surface area contributed by atoms with Crippen LogP contribution < -0.4 is 10.2 Å². The highest BCUT2D eigenvalue weighted by atomic mass is 32.1. The summed E-state index contributed by atoms with van der Waals surface area (Å²) in [4.78, 5) is 8.79. The molecule has 5 heteroatoms. The predicted molar refractivity (Wildman–Crippen MR) is 83.7 cm³/mol. The van der Waals surface area contributed by atoms with Gasteiger partial charge in [-0.05, 0) is 32.2 Å². The van der Waals surface area contributed by atoms with Crippen molar-refractivity contribution in [3.05, 3.63) is 10.6 Å². The van der Waals surface area contributed by atoms with Gasteiger partial charge in [-0.2, -0.15) is 0 Å². The molecule has 1 aliphatic heterocycles. The minimum absolute atomic E-state index is 0.592. The largest absolute Gasteiger partial charge is 0.381 e. The van der Waals surface area contributed by atoms with Crippen molar-refractivity contribution in [3.8, 4) is 0 Å². The van der Waals surface area contributed by atoms with Crippen LogP contribution in [0.3, 0.4) is 0 Å². The summed E-state index contributed by atoms with van der Waals surface area (Å²) in [7, 11) is 2.20. The molecular weight excluding hydrogens is 270 g/mol. The Balaban J connectivity index is 1.74. The van der Waals surface area contributed by atoms with E-state index in [4.69, 9.17) is 9.72 Å². The predicted octanol–water partition coefficient (Wildman–Crippen LogP) is 2.75. The van der Waals surface area contributed by atoms with E-state index in [0.29, 0.717) is 6.04 Å². The molecule has 2 fully saturated rings. The molecule has 20 heavy (non-hydrogen) atoms. The second-order valence-electron chi connectivity index (χ2n) is 5.81. The molecule has 4 nitrogen and oxygen atoms in total. The molecule has 112 valence electrons. The van der Waals surface area contributed by atoms with Crippen LogP contribution in [-0.2, 0) is 11.3 Å². The highest BCUT2D eigenvalue weighted by Gasteiger charge is 2.31. The van der Waals surface area contributed by atoms with Gasteiger partial charge in [-0.15, -0.1) is 11.3 Å². The Morgan fingerprint density at radius 3 is 2.70 bits per heavy atom. The zero-order valence-electron chi connectivity index (χ0n) is 12.5. The fourth-order valence-electron chi connectivity index (χ4n) is 2.77. The van der Waals surface area contributed by atoms with Crippen molar-refractivity contribution < 1.29 is 4.74 Å². The first-order valence-electron chi connectivity index (χ1n) is 7.80. The van der Waals surface area contributed by atoms with Crippen molar-refractivity contribution in [2.75, 3.05) is 31.7 Å². The molecule has 3 rings (SSSR count). The molecule has 0 spiro atoms. The Hall–Kier alpha value is -0.650. The van der Waals surface area contributed by atoms with Crippen molar-refractivity contribution >= 4 is 16.5 Å². The second kappa shape index (κ2) is 6.41. The average molecular weight is 295 g/mol. The summed E-state index contributed by atoms with van der Waals surface area (Å²) in [5.74, 6) is 0.733. The topological polar surface area (TPSA) is 37.4 Å². The van der Waals surface area contributed by atoms with Crippen molar-refractivity contribution in [2.24, 2.45) is 0 Å². The number of nitrogens with one attached hydrogen (secondary N) is 1. The molecule has 1 aromatic rings. The molecule has 2 aliphatic rings. The van der Waals surface area contributed by atoms with Crippen LogP contribution in [0.1, 0.15) is 49.1 Å². The molecule has 1 saturated carbocycles. The Morgan fingerprint density at radius 1 is 1.30 bits per heavy atom. The lowest BCUT2D eigenvalue weighted by atomic mass is 10.1. The van der Waals surface area contributed by atoms with Crippen LogP contribution in [0.15, 0.2) is 0 Å². The van der Waals surface area contributed by atoms with Gasteiger partial charge in [-0.1, -0.05) is 6.92 Å². The fourth-order valence-corrected chi connectivity index (χ4v) is 3.92. The summed E-state index contributed by atoms with van der Waals surface area (Å²) < 4.78 is 5.46. The Bertz CT molecular complexity index is 438. The minimum Gasteiger partial charge on any atom is -0.381 e. The van der Waals surface area contributed by atoms with Crippen LogP contribution in [-0.4, -0.2) is 37.8 Å². The van der Waals surface area contributed by atoms with E-state index in [2.05, 4.69) is 24.2 Å². The number of nitrogens with zero attached hydrogens (tertiary/aromatic N) is 2. The van der Waals surface area contributed by atoms with Crippen molar-refractivity contribution in [3.63, 3.8) is 0 Å². The van der Waals surface area contributed by atoms with Gasteiger partial charge < -0.3 is 15.0 Å². The number of aromatic nitrogens is 1. The number of rotatable bonds is 6. The van der Waals surface area contributed by atoms with Crippen LogP contribution in [0.2, 0.25) is 0 Å². The van der Waals surface area contributed by atoms with E-state index in [1.165, 1.54) is 28.5 Å². The van der Waals surface area contributed by atoms with Gasteiger partial charge in [0.25, 0.3) is 0 Å². The Morgan fingerprint density at radius 2 is 2.05 bits per heavy atom. The van der Waals surface area contributed by atoms with E-state index in [-0.39, 0.29) is 0 Å². The lowest BCUT2D eigenvalue weighted by Gasteiger charge is -2.30. The van der Waals surface area contributed by atoms with Gasteiger partial charge in [0.05, 0.1) is 5.69 Å². The molecule has 0 bridgehead atoms. The number of ether oxygens (including phenoxy) is 1.